The van der Waals surface area contributed by atoms with Gasteiger partial charge in [0.25, 0.3) is 0 Å². The molecule has 0 heterocycles. The van der Waals surface area contributed by atoms with Gasteiger partial charge in [-0.3, -0.25) is 0 Å². The third-order valence-corrected chi connectivity index (χ3v) is 3.15. The Morgan fingerprint density at radius 1 is 1.53 bits per heavy atom. The first kappa shape index (κ1) is 11.9. The number of rotatable bonds is 4. The number of ether oxygens (including phenoxy) is 1. The zero-order chi connectivity index (χ0) is 12.3. The Hall–Kier alpha value is -1.55. The van der Waals surface area contributed by atoms with Crippen molar-refractivity contribution >= 4 is 5.97 Å². The summed E-state index contributed by atoms with van der Waals surface area (Å²) in [6.45, 7) is -0.308. The van der Waals surface area contributed by atoms with E-state index in [2.05, 4.69) is 0 Å². The van der Waals surface area contributed by atoms with Crippen LogP contribution < -0.4 is 9.84 Å². The van der Waals surface area contributed by atoms with Crippen LogP contribution in [0.25, 0.3) is 0 Å². The lowest BCUT2D eigenvalue weighted by molar-refractivity contribution is -0.307. The fourth-order valence-corrected chi connectivity index (χ4v) is 2.37. The monoisotopic (exact) mass is 235 g/mol. The van der Waals surface area contributed by atoms with Crippen molar-refractivity contribution in [3.05, 3.63) is 29.3 Å². The van der Waals surface area contributed by atoms with Gasteiger partial charge >= 0.3 is 0 Å². The van der Waals surface area contributed by atoms with Crippen molar-refractivity contribution in [1.29, 1.82) is 0 Å². The van der Waals surface area contributed by atoms with Gasteiger partial charge in [-0.05, 0) is 36.5 Å². The van der Waals surface area contributed by atoms with E-state index in [1.54, 1.807) is 6.07 Å². The number of fused-ring (bicyclic) bond motifs is 1. The van der Waals surface area contributed by atoms with Gasteiger partial charge in [-0.2, -0.15) is 0 Å². The van der Waals surface area contributed by atoms with Gasteiger partial charge in [-0.1, -0.05) is 12.1 Å². The fraction of sp³-hybridized carbons (Fsp3) is 0.462. The number of carbonyl (C=O) groups excluding carboxylic acids is 1. The summed E-state index contributed by atoms with van der Waals surface area (Å²) in [4.78, 5) is 10.4. The third kappa shape index (κ3) is 2.58. The molecular formula is C13H15O4-. The summed E-state index contributed by atoms with van der Waals surface area (Å²) in [6, 6.07) is 5.57. The predicted octanol–water partition coefficient (Wildman–Crippen LogP) is 0.227. The quantitative estimate of drug-likeness (QED) is 0.811. The largest absolute Gasteiger partial charge is 0.546 e. The molecule has 0 aromatic heterocycles. The highest BCUT2D eigenvalue weighted by Gasteiger charge is 2.22. The molecule has 0 aliphatic heterocycles. The van der Waals surface area contributed by atoms with Crippen LogP contribution in [-0.4, -0.2) is 24.3 Å². The molecule has 1 aliphatic rings. The molecule has 1 N–H and O–H groups in total. The average Bonchev–Trinajstić information content (AvgIpc) is 2.35. The number of hydrogen-bond donors (Lipinski definition) is 1. The molecule has 0 spiro atoms. The first-order valence-corrected chi connectivity index (χ1v) is 5.77. The highest BCUT2D eigenvalue weighted by molar-refractivity contribution is 5.66. The summed E-state index contributed by atoms with van der Waals surface area (Å²) in [7, 11) is 0. The topological polar surface area (TPSA) is 69.6 Å². The van der Waals surface area contributed by atoms with E-state index in [1.807, 2.05) is 12.1 Å². The lowest BCUT2D eigenvalue weighted by Gasteiger charge is -2.25. The molecule has 1 aromatic carbocycles. The smallest absolute Gasteiger partial charge is 0.128 e. The Labute approximate surface area is 99.8 Å². The highest BCUT2D eigenvalue weighted by atomic mass is 16.5. The van der Waals surface area contributed by atoms with Crippen LogP contribution in [0.15, 0.2) is 18.2 Å². The summed E-state index contributed by atoms with van der Waals surface area (Å²) in [5, 5.41) is 19.7. The van der Waals surface area contributed by atoms with Crippen LogP contribution in [0.4, 0.5) is 0 Å². The number of aliphatic hydroxyl groups excluding tert-OH is 1. The molecule has 1 unspecified atom stereocenters. The maximum Gasteiger partial charge on any atom is 0.128 e. The molecule has 0 radical (unpaired) electrons. The van der Waals surface area contributed by atoms with Crippen molar-refractivity contribution < 1.29 is 19.7 Å². The molecule has 17 heavy (non-hydrogen) atoms. The van der Waals surface area contributed by atoms with Gasteiger partial charge < -0.3 is 19.7 Å². The highest BCUT2D eigenvalue weighted by Crippen LogP contribution is 2.36. The van der Waals surface area contributed by atoms with Crippen LogP contribution in [-0.2, 0) is 11.2 Å². The second-order valence-corrected chi connectivity index (χ2v) is 4.26. The summed E-state index contributed by atoms with van der Waals surface area (Å²) < 4.78 is 5.21. The van der Waals surface area contributed by atoms with Crippen molar-refractivity contribution in [1.82, 2.24) is 0 Å². The normalized spacial score (nSPS) is 18.5. The lowest BCUT2D eigenvalue weighted by atomic mass is 9.83. The molecule has 0 amide bonds. The molecule has 0 saturated heterocycles. The Bertz CT molecular complexity index is 414. The number of carboxylic acids is 1. The van der Waals surface area contributed by atoms with E-state index in [1.165, 1.54) is 0 Å². The lowest BCUT2D eigenvalue weighted by Crippen LogP contribution is -2.29. The van der Waals surface area contributed by atoms with Crippen LogP contribution in [0, 0.1) is 0 Å². The Balaban J connectivity index is 2.26. The molecule has 92 valence electrons. The molecule has 1 aliphatic carbocycles. The third-order valence-electron chi connectivity index (χ3n) is 3.15. The molecule has 2 rings (SSSR count). The first-order chi connectivity index (χ1) is 8.22. The van der Waals surface area contributed by atoms with Crippen LogP contribution in [0.5, 0.6) is 5.75 Å². The molecular weight excluding hydrogens is 220 g/mol. The SMILES string of the molecule is O=C([O-])COc1cccc2c1CCCC2CO. The van der Waals surface area contributed by atoms with Crippen LogP contribution >= 0.6 is 0 Å². The second-order valence-electron chi connectivity index (χ2n) is 4.26. The Kier molecular flexibility index (Phi) is 3.64. The molecule has 0 fully saturated rings. The molecule has 0 saturated carbocycles. The van der Waals surface area contributed by atoms with Crippen LogP contribution in [0.1, 0.15) is 29.9 Å². The molecule has 4 heteroatoms. The predicted molar refractivity (Wildman–Crippen MR) is 59.7 cm³/mol. The van der Waals surface area contributed by atoms with Crippen LogP contribution in [0.3, 0.4) is 0 Å². The molecule has 1 aromatic rings. The van der Waals surface area contributed by atoms with Gasteiger partial charge in [0, 0.05) is 12.5 Å². The van der Waals surface area contributed by atoms with Crippen molar-refractivity contribution in [2.75, 3.05) is 13.2 Å². The minimum absolute atomic E-state index is 0.122. The number of hydrogen-bond acceptors (Lipinski definition) is 4. The zero-order valence-electron chi connectivity index (χ0n) is 9.52. The van der Waals surface area contributed by atoms with Gasteiger partial charge in [0.1, 0.15) is 12.4 Å². The number of carbonyl (C=O) groups is 1. The standard InChI is InChI=1S/C13H16O4/c14-7-9-3-1-5-11-10(9)4-2-6-12(11)17-8-13(15)16/h2,4,6,9,14H,1,3,5,7-8H2,(H,15,16)/p-1. The van der Waals surface area contributed by atoms with Crippen molar-refractivity contribution in [3.63, 3.8) is 0 Å². The van der Waals surface area contributed by atoms with Crippen molar-refractivity contribution in [3.8, 4) is 5.75 Å². The van der Waals surface area contributed by atoms with Gasteiger partial charge in [-0.25, -0.2) is 0 Å². The summed E-state index contributed by atoms with van der Waals surface area (Å²) >= 11 is 0. The number of aliphatic hydroxyl groups is 1. The number of carboxylic acid groups (broad SMARTS) is 1. The zero-order valence-corrected chi connectivity index (χ0v) is 9.52. The number of aliphatic carboxylic acids is 1. The van der Waals surface area contributed by atoms with Crippen LogP contribution in [0.2, 0.25) is 0 Å². The van der Waals surface area contributed by atoms with Gasteiger partial charge in [0.05, 0.1) is 5.97 Å². The van der Waals surface area contributed by atoms with Crippen molar-refractivity contribution in [2.24, 2.45) is 0 Å². The van der Waals surface area contributed by atoms with Crippen molar-refractivity contribution in [2.45, 2.75) is 25.2 Å². The average molecular weight is 235 g/mol. The summed E-state index contributed by atoms with van der Waals surface area (Å²) in [5.41, 5.74) is 2.11. The summed E-state index contributed by atoms with van der Waals surface area (Å²) in [5.74, 6) is -0.479. The maximum absolute atomic E-state index is 10.4. The van der Waals surface area contributed by atoms with E-state index in [9.17, 15) is 15.0 Å². The van der Waals surface area contributed by atoms with Gasteiger partial charge in [0.2, 0.25) is 0 Å². The Morgan fingerprint density at radius 3 is 3.06 bits per heavy atom. The molecule has 0 bridgehead atoms. The summed E-state index contributed by atoms with van der Waals surface area (Å²) in [6.07, 6.45) is 2.83. The minimum atomic E-state index is -1.22. The van der Waals surface area contributed by atoms with E-state index in [0.717, 1.165) is 30.4 Å². The van der Waals surface area contributed by atoms with E-state index in [4.69, 9.17) is 4.74 Å². The van der Waals surface area contributed by atoms with E-state index in [-0.39, 0.29) is 12.5 Å². The molecule has 4 nitrogen and oxygen atoms in total. The second kappa shape index (κ2) is 5.19. The van der Waals surface area contributed by atoms with E-state index in [0.29, 0.717) is 5.75 Å². The van der Waals surface area contributed by atoms with E-state index >= 15 is 0 Å². The maximum atomic E-state index is 10.4. The van der Waals surface area contributed by atoms with Gasteiger partial charge in [0.15, 0.2) is 0 Å². The minimum Gasteiger partial charge on any atom is -0.546 e. The molecule has 1 atom stereocenters. The first-order valence-electron chi connectivity index (χ1n) is 5.77. The number of benzene rings is 1. The van der Waals surface area contributed by atoms with Gasteiger partial charge in [-0.15, -0.1) is 0 Å². The Morgan fingerprint density at radius 2 is 2.35 bits per heavy atom. The van der Waals surface area contributed by atoms with E-state index < -0.39 is 12.6 Å². The fourth-order valence-electron chi connectivity index (χ4n) is 2.37.